The molecule has 62 valence electrons. The number of hydrogen-bond donors (Lipinski definition) is 0. The molecule has 0 saturated carbocycles. The summed E-state index contributed by atoms with van der Waals surface area (Å²) in [5, 5.41) is 4.27. The summed E-state index contributed by atoms with van der Waals surface area (Å²) in [7, 11) is 0. The molecule has 0 saturated heterocycles. The second-order valence-electron chi connectivity index (χ2n) is 2.72. The Balaban J connectivity index is 4.15. The molecule has 0 fully saturated rings. The van der Waals surface area contributed by atoms with Crippen molar-refractivity contribution in [2.75, 3.05) is 0 Å². The molecule has 0 unspecified atom stereocenters. The molecular formula is C7H16Br2Ge. The Morgan fingerprint density at radius 1 is 1.00 bits per heavy atom. The minimum atomic E-state index is -1.46. The summed E-state index contributed by atoms with van der Waals surface area (Å²) in [5.74, 6) is 0. The molecule has 0 aromatic rings. The van der Waals surface area contributed by atoms with Crippen LogP contribution in [-0.2, 0) is 0 Å². The number of halogens is 2. The van der Waals surface area contributed by atoms with E-state index in [1.807, 2.05) is 0 Å². The van der Waals surface area contributed by atoms with Crippen LogP contribution in [0.25, 0.3) is 0 Å². The molecule has 0 spiro atoms. The normalized spacial score (nSPS) is 12.6. The van der Waals surface area contributed by atoms with Crippen molar-refractivity contribution in [1.29, 1.82) is 0 Å². The molecule has 0 amide bonds. The Hall–Kier alpha value is 1.50. The third kappa shape index (κ3) is 2.52. The minimum absolute atomic E-state index is 0.653. The van der Waals surface area contributed by atoms with Crippen LogP contribution < -0.4 is 0 Å². The van der Waals surface area contributed by atoms with Crippen molar-refractivity contribution < 1.29 is 0 Å². The fraction of sp³-hybridized carbons (Fsp3) is 1.00. The summed E-state index contributed by atoms with van der Waals surface area (Å²) >= 11 is 5.90. The molecule has 0 rings (SSSR count). The molecule has 0 aromatic carbocycles. The molecule has 0 bridgehead atoms. The van der Waals surface area contributed by atoms with E-state index in [-0.39, 0.29) is 0 Å². The van der Waals surface area contributed by atoms with E-state index in [1.165, 1.54) is 15.8 Å². The maximum atomic E-state index is 3.68. The van der Waals surface area contributed by atoms with Crippen LogP contribution in [0.15, 0.2) is 0 Å². The van der Waals surface area contributed by atoms with E-state index >= 15 is 0 Å². The van der Waals surface area contributed by atoms with Gasteiger partial charge in [-0.05, 0) is 0 Å². The van der Waals surface area contributed by atoms with E-state index in [1.54, 1.807) is 0 Å². The van der Waals surface area contributed by atoms with Gasteiger partial charge in [0.05, 0.1) is 0 Å². The molecule has 0 radical (unpaired) electrons. The Bertz CT molecular complexity index is 81.3. The molecule has 0 heterocycles. The summed E-state index contributed by atoms with van der Waals surface area (Å²) in [5.41, 5.74) is 0. The molecule has 0 atom stereocenters. The first-order chi connectivity index (χ1) is 4.63. The third-order valence-electron chi connectivity index (χ3n) is 2.58. The predicted octanol–water partition coefficient (Wildman–Crippen LogP) is 4.15. The first-order valence-electron chi connectivity index (χ1n) is 3.91. The monoisotopic (exact) mass is 332 g/mol. The van der Waals surface area contributed by atoms with Crippen LogP contribution in [0.4, 0.5) is 0 Å². The van der Waals surface area contributed by atoms with Gasteiger partial charge in [-0.15, -0.1) is 0 Å². The van der Waals surface area contributed by atoms with Crippen LogP contribution in [0, 0.1) is 0 Å². The molecular weight excluding hydrogens is 316 g/mol. The number of rotatable bonds is 4. The molecule has 0 aromatic heterocycles. The Kier molecular flexibility index (Phi) is 5.98. The van der Waals surface area contributed by atoms with Gasteiger partial charge in [0.1, 0.15) is 0 Å². The second-order valence-corrected chi connectivity index (χ2v) is 20.7. The van der Waals surface area contributed by atoms with Crippen molar-refractivity contribution in [3.63, 3.8) is 0 Å². The van der Waals surface area contributed by atoms with Gasteiger partial charge < -0.3 is 0 Å². The van der Waals surface area contributed by atoms with Gasteiger partial charge in [0, 0.05) is 0 Å². The van der Waals surface area contributed by atoms with Gasteiger partial charge in [-0.1, -0.05) is 0 Å². The van der Waals surface area contributed by atoms with Crippen molar-refractivity contribution in [2.24, 2.45) is 0 Å². The predicted molar refractivity (Wildman–Crippen MR) is 58.8 cm³/mol. The average Bonchev–Trinajstić information content (AvgIpc) is 1.92. The zero-order valence-electron chi connectivity index (χ0n) is 6.95. The molecule has 0 aliphatic carbocycles. The van der Waals surface area contributed by atoms with Crippen LogP contribution in [0.5, 0.6) is 0 Å². The quantitative estimate of drug-likeness (QED) is 0.536. The summed E-state index contributed by atoms with van der Waals surface area (Å²) < 4.78 is 0.653. The van der Waals surface area contributed by atoms with Crippen LogP contribution in [0.3, 0.4) is 0 Å². The maximum absolute atomic E-state index is 3.68. The zero-order chi connectivity index (χ0) is 8.20. The van der Waals surface area contributed by atoms with E-state index in [2.05, 4.69) is 52.6 Å². The van der Waals surface area contributed by atoms with Gasteiger partial charge >= 0.3 is 84.2 Å². The van der Waals surface area contributed by atoms with Crippen molar-refractivity contribution in [3.05, 3.63) is 0 Å². The van der Waals surface area contributed by atoms with Crippen LogP contribution in [-0.4, -0.2) is 15.8 Å². The number of alkyl halides is 2. The summed E-state index contributed by atoms with van der Waals surface area (Å²) in [4.78, 5) is 0. The van der Waals surface area contributed by atoms with Crippen molar-refractivity contribution >= 4 is 45.1 Å². The third-order valence-corrected chi connectivity index (χ3v) is 23.5. The SMILES string of the molecule is C[CH2][Ge]([CH2]C)([CH2]C)[CH](Br)Br. The fourth-order valence-corrected chi connectivity index (χ4v) is 16.4. The van der Waals surface area contributed by atoms with Crippen molar-refractivity contribution in [1.82, 2.24) is 0 Å². The molecule has 0 aliphatic rings. The van der Waals surface area contributed by atoms with Crippen molar-refractivity contribution in [3.8, 4) is 0 Å². The van der Waals surface area contributed by atoms with Crippen LogP contribution >= 0.6 is 31.9 Å². The summed E-state index contributed by atoms with van der Waals surface area (Å²) in [6.45, 7) is 7.01. The fourth-order valence-electron chi connectivity index (χ4n) is 1.21. The van der Waals surface area contributed by atoms with E-state index in [0.29, 0.717) is 2.57 Å². The standard InChI is InChI=1S/C7H16Br2Ge/c1-4-10(5-2,6-3)7(8)9/h7H,4-6H2,1-3H3. The zero-order valence-corrected chi connectivity index (χ0v) is 12.2. The van der Waals surface area contributed by atoms with Crippen molar-refractivity contribution in [2.45, 2.75) is 39.1 Å². The van der Waals surface area contributed by atoms with Gasteiger partial charge in [0.25, 0.3) is 0 Å². The molecule has 0 aliphatic heterocycles. The van der Waals surface area contributed by atoms with Gasteiger partial charge in [-0.25, -0.2) is 0 Å². The van der Waals surface area contributed by atoms with Gasteiger partial charge in [0.15, 0.2) is 0 Å². The van der Waals surface area contributed by atoms with E-state index in [9.17, 15) is 0 Å². The van der Waals surface area contributed by atoms with Crippen LogP contribution in [0.2, 0.25) is 15.8 Å². The van der Waals surface area contributed by atoms with E-state index in [4.69, 9.17) is 0 Å². The van der Waals surface area contributed by atoms with Gasteiger partial charge in [0.2, 0.25) is 0 Å². The Morgan fingerprint density at radius 2 is 1.30 bits per heavy atom. The molecule has 3 heteroatoms. The van der Waals surface area contributed by atoms with E-state index in [0.717, 1.165) is 0 Å². The van der Waals surface area contributed by atoms with Gasteiger partial charge in [-0.2, -0.15) is 0 Å². The Morgan fingerprint density at radius 3 is 1.30 bits per heavy atom. The average molecular weight is 333 g/mol. The first-order valence-corrected chi connectivity index (χ1v) is 11.4. The van der Waals surface area contributed by atoms with Gasteiger partial charge in [-0.3, -0.25) is 0 Å². The Labute approximate surface area is 83.8 Å². The summed E-state index contributed by atoms with van der Waals surface area (Å²) in [6, 6.07) is 0. The molecule has 0 nitrogen and oxygen atoms in total. The summed E-state index contributed by atoms with van der Waals surface area (Å²) in [6.07, 6.45) is 0. The molecule has 0 N–H and O–H groups in total. The number of hydrogen-bond acceptors (Lipinski definition) is 0. The molecule has 10 heavy (non-hydrogen) atoms. The first kappa shape index (κ1) is 11.5. The van der Waals surface area contributed by atoms with E-state index < -0.39 is 13.3 Å². The topological polar surface area (TPSA) is 0 Å². The van der Waals surface area contributed by atoms with Crippen LogP contribution in [0.1, 0.15) is 20.8 Å². The second kappa shape index (κ2) is 5.20.